The maximum atomic E-state index is 3.67. The largest absolute Gasteiger partial charge is 0.304 e. The van der Waals surface area contributed by atoms with E-state index in [1.54, 1.807) is 11.3 Å². The minimum atomic E-state index is 0.380. The first-order chi connectivity index (χ1) is 9.70. The average molecular weight is 287 g/mol. The van der Waals surface area contributed by atoms with E-state index in [1.807, 2.05) is 0 Å². The van der Waals surface area contributed by atoms with Crippen LogP contribution in [0.25, 0.3) is 0 Å². The lowest BCUT2D eigenvalue weighted by molar-refractivity contribution is 0.495. The summed E-state index contributed by atoms with van der Waals surface area (Å²) in [7, 11) is 0. The molecule has 0 aliphatic heterocycles. The Morgan fingerprint density at radius 2 is 1.70 bits per heavy atom. The summed E-state index contributed by atoms with van der Waals surface area (Å²) >= 11 is 1.76. The maximum absolute atomic E-state index is 3.67. The summed E-state index contributed by atoms with van der Waals surface area (Å²) in [5.74, 6) is 0. The quantitative estimate of drug-likeness (QED) is 0.708. The third-order valence-electron chi connectivity index (χ3n) is 3.84. The third-order valence-corrected chi connectivity index (χ3v) is 4.54. The zero-order chi connectivity index (χ0) is 14.4. The van der Waals surface area contributed by atoms with Crippen molar-refractivity contribution in [2.24, 2.45) is 0 Å². The van der Waals surface area contributed by atoms with Gasteiger partial charge in [-0.2, -0.15) is 11.3 Å². The minimum absolute atomic E-state index is 0.380. The molecule has 0 aliphatic rings. The molecule has 1 N–H and O–H groups in total. The molecule has 2 rings (SSSR count). The Morgan fingerprint density at radius 3 is 2.30 bits per heavy atom. The van der Waals surface area contributed by atoms with Crippen LogP contribution in [0, 0.1) is 0 Å². The zero-order valence-electron chi connectivity index (χ0n) is 12.7. The number of aryl methyl sites for hydroxylation is 1. The van der Waals surface area contributed by atoms with Crippen molar-refractivity contribution in [3.63, 3.8) is 0 Å². The van der Waals surface area contributed by atoms with Crippen molar-refractivity contribution in [2.45, 2.75) is 52.1 Å². The van der Waals surface area contributed by atoms with Crippen molar-refractivity contribution in [1.29, 1.82) is 0 Å². The van der Waals surface area contributed by atoms with Gasteiger partial charge >= 0.3 is 0 Å². The van der Waals surface area contributed by atoms with Crippen molar-refractivity contribution in [2.75, 3.05) is 0 Å². The Labute approximate surface area is 127 Å². The number of hydrogen-bond acceptors (Lipinski definition) is 2. The summed E-state index contributed by atoms with van der Waals surface area (Å²) in [4.78, 5) is 0. The number of thiophene rings is 1. The van der Waals surface area contributed by atoms with Gasteiger partial charge in [0, 0.05) is 12.1 Å². The van der Waals surface area contributed by atoms with Crippen LogP contribution in [0.4, 0.5) is 0 Å². The molecule has 20 heavy (non-hydrogen) atoms. The molecule has 108 valence electrons. The molecule has 0 aliphatic carbocycles. The highest BCUT2D eigenvalue weighted by Gasteiger charge is 2.11. The highest BCUT2D eigenvalue weighted by molar-refractivity contribution is 7.07. The summed E-state index contributed by atoms with van der Waals surface area (Å²) in [5, 5.41) is 8.03. The molecule has 1 heterocycles. The third kappa shape index (κ3) is 4.19. The molecule has 1 aromatic carbocycles. The van der Waals surface area contributed by atoms with E-state index >= 15 is 0 Å². The van der Waals surface area contributed by atoms with E-state index in [-0.39, 0.29) is 0 Å². The lowest BCUT2D eigenvalue weighted by Crippen LogP contribution is -2.22. The monoisotopic (exact) mass is 287 g/mol. The van der Waals surface area contributed by atoms with E-state index in [0.717, 1.165) is 0 Å². The topological polar surface area (TPSA) is 12.0 Å². The number of hydrogen-bond donors (Lipinski definition) is 1. The molecular formula is C18H25NS. The van der Waals surface area contributed by atoms with Crippen LogP contribution in [0.5, 0.6) is 0 Å². The summed E-state index contributed by atoms with van der Waals surface area (Å²) in [6, 6.07) is 12.1. The van der Waals surface area contributed by atoms with Gasteiger partial charge < -0.3 is 5.32 Å². The van der Waals surface area contributed by atoms with E-state index in [9.17, 15) is 0 Å². The Bertz CT molecular complexity index is 487. The highest BCUT2D eigenvalue weighted by atomic mass is 32.1. The van der Waals surface area contributed by atoms with E-state index in [4.69, 9.17) is 0 Å². The summed E-state index contributed by atoms with van der Waals surface area (Å²) in [5.41, 5.74) is 4.20. The second kappa shape index (κ2) is 7.61. The summed E-state index contributed by atoms with van der Waals surface area (Å²) in [6.07, 6.45) is 3.74. The molecule has 0 saturated heterocycles. The minimum Gasteiger partial charge on any atom is -0.304 e. The molecular weight excluding hydrogens is 262 g/mol. The van der Waals surface area contributed by atoms with Gasteiger partial charge in [0.05, 0.1) is 0 Å². The normalized spacial score (nSPS) is 14.2. The molecule has 2 heteroatoms. The van der Waals surface area contributed by atoms with Gasteiger partial charge in [0.1, 0.15) is 0 Å². The van der Waals surface area contributed by atoms with Gasteiger partial charge in [0.15, 0.2) is 0 Å². The number of unbranched alkanes of at least 4 members (excludes halogenated alkanes) is 1. The SMILES string of the molecule is CCCCc1ccc(C(C)NC(C)c2ccsc2)cc1. The molecule has 1 nitrogen and oxygen atoms in total. The fourth-order valence-electron chi connectivity index (χ4n) is 2.44. The summed E-state index contributed by atoms with van der Waals surface area (Å²) in [6.45, 7) is 6.71. The van der Waals surface area contributed by atoms with Crippen LogP contribution in [0.3, 0.4) is 0 Å². The Hall–Kier alpha value is -1.12. The van der Waals surface area contributed by atoms with Crippen molar-refractivity contribution in [3.8, 4) is 0 Å². The lowest BCUT2D eigenvalue weighted by Gasteiger charge is -2.20. The smallest absolute Gasteiger partial charge is 0.0305 e. The van der Waals surface area contributed by atoms with E-state index < -0.39 is 0 Å². The van der Waals surface area contributed by atoms with Gasteiger partial charge in [0.2, 0.25) is 0 Å². The average Bonchev–Trinajstić information content (AvgIpc) is 3.00. The van der Waals surface area contributed by atoms with Crippen LogP contribution in [-0.2, 0) is 6.42 Å². The Kier molecular flexibility index (Phi) is 5.81. The Morgan fingerprint density at radius 1 is 1.00 bits per heavy atom. The van der Waals surface area contributed by atoms with Gasteiger partial charge in [0.25, 0.3) is 0 Å². The first-order valence-corrected chi connectivity index (χ1v) is 8.52. The van der Waals surface area contributed by atoms with Crippen LogP contribution < -0.4 is 5.32 Å². The van der Waals surface area contributed by atoms with Crippen LogP contribution in [0.1, 0.15) is 62.4 Å². The molecule has 2 aromatic rings. The van der Waals surface area contributed by atoms with Gasteiger partial charge in [-0.1, -0.05) is 37.6 Å². The van der Waals surface area contributed by atoms with Gasteiger partial charge in [-0.25, -0.2) is 0 Å². The van der Waals surface area contributed by atoms with Gasteiger partial charge in [-0.05, 0) is 60.2 Å². The number of nitrogens with one attached hydrogen (secondary N) is 1. The van der Waals surface area contributed by atoms with Crippen LogP contribution in [-0.4, -0.2) is 0 Å². The Balaban J connectivity index is 1.93. The van der Waals surface area contributed by atoms with Crippen LogP contribution in [0.2, 0.25) is 0 Å². The van der Waals surface area contributed by atoms with E-state index in [0.29, 0.717) is 12.1 Å². The molecule has 1 aromatic heterocycles. The van der Waals surface area contributed by atoms with Crippen LogP contribution >= 0.6 is 11.3 Å². The van der Waals surface area contributed by atoms with Gasteiger partial charge in [-0.15, -0.1) is 0 Å². The molecule has 0 spiro atoms. The standard InChI is InChI=1S/C18H25NS/c1-4-5-6-16-7-9-17(10-8-16)14(2)19-15(3)18-11-12-20-13-18/h7-15,19H,4-6H2,1-3H3. The van der Waals surface area contributed by atoms with Gasteiger partial charge in [-0.3, -0.25) is 0 Å². The van der Waals surface area contributed by atoms with Crippen molar-refractivity contribution >= 4 is 11.3 Å². The second-order valence-corrected chi connectivity index (χ2v) is 6.29. The maximum Gasteiger partial charge on any atom is 0.0305 e. The fraction of sp³-hybridized carbons (Fsp3) is 0.444. The molecule has 0 radical (unpaired) electrons. The fourth-order valence-corrected chi connectivity index (χ4v) is 3.20. The first kappa shape index (κ1) is 15.3. The van der Waals surface area contributed by atoms with Crippen molar-refractivity contribution in [3.05, 3.63) is 57.8 Å². The molecule has 0 saturated carbocycles. The summed E-state index contributed by atoms with van der Waals surface area (Å²) < 4.78 is 0. The number of rotatable bonds is 7. The van der Waals surface area contributed by atoms with Crippen molar-refractivity contribution in [1.82, 2.24) is 5.32 Å². The van der Waals surface area contributed by atoms with E-state index in [1.165, 1.54) is 36.0 Å². The molecule has 0 fully saturated rings. The number of benzene rings is 1. The predicted molar refractivity (Wildman–Crippen MR) is 89.3 cm³/mol. The lowest BCUT2D eigenvalue weighted by atomic mass is 10.0. The predicted octanol–water partition coefficient (Wildman–Crippen LogP) is 5.50. The second-order valence-electron chi connectivity index (χ2n) is 5.51. The van der Waals surface area contributed by atoms with Crippen LogP contribution in [0.15, 0.2) is 41.1 Å². The highest BCUT2D eigenvalue weighted by Crippen LogP contribution is 2.21. The zero-order valence-corrected chi connectivity index (χ0v) is 13.5. The first-order valence-electron chi connectivity index (χ1n) is 7.57. The molecule has 0 amide bonds. The van der Waals surface area contributed by atoms with Crippen molar-refractivity contribution < 1.29 is 0 Å². The molecule has 0 bridgehead atoms. The molecule has 2 atom stereocenters. The molecule has 2 unspecified atom stereocenters. The van der Waals surface area contributed by atoms with E-state index in [2.05, 4.69) is 67.2 Å².